The van der Waals surface area contributed by atoms with E-state index < -0.39 is 5.60 Å². The summed E-state index contributed by atoms with van der Waals surface area (Å²) >= 11 is 0. The van der Waals surface area contributed by atoms with Crippen LogP contribution in [-0.4, -0.2) is 21.9 Å². The molecule has 32 heavy (non-hydrogen) atoms. The van der Waals surface area contributed by atoms with Crippen molar-refractivity contribution in [2.45, 2.75) is 138 Å². The molecule has 2 N–H and O–H groups in total. The molecule has 0 radical (unpaired) electrons. The van der Waals surface area contributed by atoms with Crippen molar-refractivity contribution in [2.24, 2.45) is 40.4 Å². The van der Waals surface area contributed by atoms with E-state index in [2.05, 4.69) is 27.7 Å². The summed E-state index contributed by atoms with van der Waals surface area (Å²) in [6.45, 7) is 17.9. The highest BCUT2D eigenvalue weighted by Gasteiger charge is 2.56. The Kier molecular flexibility index (Phi) is 7.98. The molecule has 2 fully saturated rings. The molecular weight excluding hydrogens is 392 g/mol. The summed E-state index contributed by atoms with van der Waals surface area (Å²) in [7, 11) is 0. The van der Waals surface area contributed by atoms with Crippen LogP contribution >= 0.6 is 0 Å². The van der Waals surface area contributed by atoms with Gasteiger partial charge in [0, 0.05) is 0 Å². The summed E-state index contributed by atoms with van der Waals surface area (Å²) in [6, 6.07) is 0. The summed E-state index contributed by atoms with van der Waals surface area (Å²) in [5, 5.41) is 20.6. The van der Waals surface area contributed by atoms with Crippen molar-refractivity contribution >= 4 is 0 Å². The Bertz CT molecular complexity index is 673. The Morgan fingerprint density at radius 2 is 1.72 bits per heavy atom. The minimum Gasteiger partial charge on any atom is -0.393 e. The second-order valence-corrected chi connectivity index (χ2v) is 13.0. The third kappa shape index (κ3) is 4.61. The molecule has 4 rings (SSSR count). The van der Waals surface area contributed by atoms with E-state index in [1.165, 1.54) is 51.4 Å². The molecule has 2 saturated carbocycles. The lowest BCUT2D eigenvalue weighted by atomic mass is 9.49. The van der Waals surface area contributed by atoms with Gasteiger partial charge in [0.1, 0.15) is 0 Å². The van der Waals surface area contributed by atoms with E-state index in [9.17, 15) is 10.2 Å². The van der Waals surface area contributed by atoms with Crippen molar-refractivity contribution in [2.75, 3.05) is 0 Å². The van der Waals surface area contributed by atoms with E-state index in [-0.39, 0.29) is 6.10 Å². The first-order chi connectivity index (χ1) is 15.0. The Balaban J connectivity index is 0.00000141. The number of allylic oxidation sites excluding steroid dienone is 2. The number of rotatable bonds is 5. The minimum absolute atomic E-state index is 0.0836. The molecule has 4 aliphatic rings. The van der Waals surface area contributed by atoms with Crippen LogP contribution in [0.2, 0.25) is 0 Å². The van der Waals surface area contributed by atoms with Gasteiger partial charge in [0.05, 0.1) is 11.7 Å². The Morgan fingerprint density at radius 3 is 2.38 bits per heavy atom. The molecule has 0 aliphatic heterocycles. The zero-order chi connectivity index (χ0) is 23.9. The van der Waals surface area contributed by atoms with Crippen LogP contribution in [0, 0.1) is 40.4 Å². The third-order valence-corrected chi connectivity index (χ3v) is 10.7. The molecule has 2 nitrogen and oxygen atoms in total. The molecule has 186 valence electrons. The lowest BCUT2D eigenvalue weighted by Gasteiger charge is -2.56. The van der Waals surface area contributed by atoms with Gasteiger partial charge >= 0.3 is 0 Å². The maximum atomic E-state index is 10.5. The number of hydrogen-bond donors (Lipinski definition) is 2. The molecule has 0 aromatic carbocycles. The highest BCUT2D eigenvalue weighted by molar-refractivity contribution is 5.34. The molecule has 0 aromatic rings. The van der Waals surface area contributed by atoms with Crippen molar-refractivity contribution in [3.8, 4) is 0 Å². The number of aliphatic hydroxyl groups is 2. The molecule has 8 atom stereocenters. The zero-order valence-electron chi connectivity index (χ0n) is 22.6. The van der Waals surface area contributed by atoms with Crippen LogP contribution in [0.1, 0.15) is 126 Å². The fraction of sp³-hybridized carbons (Fsp3) is 0.933. The largest absolute Gasteiger partial charge is 0.393 e. The van der Waals surface area contributed by atoms with Crippen LogP contribution in [-0.2, 0) is 0 Å². The van der Waals surface area contributed by atoms with E-state index >= 15 is 0 Å². The zero-order valence-corrected chi connectivity index (χ0v) is 22.6. The van der Waals surface area contributed by atoms with Gasteiger partial charge in [0.2, 0.25) is 0 Å². The van der Waals surface area contributed by atoms with Gasteiger partial charge in [-0.25, -0.2) is 0 Å². The summed E-state index contributed by atoms with van der Waals surface area (Å²) in [5.74, 6) is 3.56. The Hall–Kier alpha value is -0.340. The van der Waals surface area contributed by atoms with Crippen LogP contribution in [0.5, 0.6) is 0 Å². The smallest absolute Gasteiger partial charge is 0.0591 e. The van der Waals surface area contributed by atoms with Crippen molar-refractivity contribution in [1.29, 1.82) is 0 Å². The molecule has 0 saturated heterocycles. The van der Waals surface area contributed by atoms with Crippen molar-refractivity contribution < 1.29 is 10.2 Å². The maximum absolute atomic E-state index is 10.5. The van der Waals surface area contributed by atoms with Gasteiger partial charge in [-0.2, -0.15) is 0 Å². The van der Waals surface area contributed by atoms with E-state index in [0.29, 0.717) is 22.7 Å². The number of hydrogen-bond acceptors (Lipinski definition) is 2. The molecule has 7 unspecified atom stereocenters. The lowest BCUT2D eigenvalue weighted by molar-refractivity contribution is -0.0336. The Morgan fingerprint density at radius 1 is 1.03 bits per heavy atom. The second kappa shape index (κ2) is 9.73. The van der Waals surface area contributed by atoms with Crippen molar-refractivity contribution in [3.63, 3.8) is 0 Å². The van der Waals surface area contributed by atoms with Crippen molar-refractivity contribution in [3.05, 3.63) is 11.1 Å². The van der Waals surface area contributed by atoms with Gasteiger partial charge in [-0.05, 0) is 112 Å². The molecule has 0 bridgehead atoms. The standard InChI is InChI=1S/C28H48O2.C2H6/c1-18(8-7-15-26(3,4)30)21-11-12-23-20-9-10-22-19(2)25(29)14-17-28(22,6)24(20)13-16-27(21,23)5;1-2/h18-19,21-23,25,29-30H,7-17H2,1-6H3;1-2H3/t18-,19?,21?,22?,23?,25?,27?,28?;/m1./s1. The molecular formula is C30H54O2. The molecule has 2 heteroatoms. The SMILES string of the molecule is CC.CC1C(O)CCC2(C)C3=C(CCC12)C1CCC([C@H](C)CCCC(C)(C)O)C1(C)CC3. The summed E-state index contributed by atoms with van der Waals surface area (Å²) in [4.78, 5) is 0. The van der Waals surface area contributed by atoms with Crippen LogP contribution in [0.4, 0.5) is 0 Å². The van der Waals surface area contributed by atoms with Gasteiger partial charge in [0.15, 0.2) is 0 Å². The second-order valence-electron chi connectivity index (χ2n) is 13.0. The van der Waals surface area contributed by atoms with Crippen molar-refractivity contribution in [1.82, 2.24) is 0 Å². The van der Waals surface area contributed by atoms with E-state index in [1.807, 2.05) is 38.8 Å². The van der Waals surface area contributed by atoms with E-state index in [1.54, 1.807) is 0 Å². The van der Waals surface area contributed by atoms with Gasteiger partial charge < -0.3 is 10.2 Å². The molecule has 0 heterocycles. The average molecular weight is 447 g/mol. The minimum atomic E-state index is -0.523. The summed E-state index contributed by atoms with van der Waals surface area (Å²) in [6.07, 6.45) is 13.5. The van der Waals surface area contributed by atoms with Gasteiger partial charge in [-0.3, -0.25) is 0 Å². The van der Waals surface area contributed by atoms with Gasteiger partial charge in [-0.1, -0.05) is 65.5 Å². The van der Waals surface area contributed by atoms with Crippen LogP contribution in [0.15, 0.2) is 11.1 Å². The first-order valence-electron chi connectivity index (χ1n) is 14.1. The van der Waals surface area contributed by atoms with Crippen LogP contribution in [0.3, 0.4) is 0 Å². The fourth-order valence-corrected chi connectivity index (χ4v) is 8.94. The maximum Gasteiger partial charge on any atom is 0.0591 e. The number of fused-ring (bicyclic) bond motifs is 4. The molecule has 0 amide bonds. The lowest BCUT2D eigenvalue weighted by Crippen LogP contribution is -2.49. The van der Waals surface area contributed by atoms with E-state index in [4.69, 9.17) is 0 Å². The molecule has 4 aliphatic carbocycles. The fourth-order valence-electron chi connectivity index (χ4n) is 8.94. The van der Waals surface area contributed by atoms with Gasteiger partial charge in [-0.15, -0.1) is 0 Å². The quantitative estimate of drug-likeness (QED) is 0.421. The summed E-state index contributed by atoms with van der Waals surface area (Å²) < 4.78 is 0. The molecule has 0 aromatic heterocycles. The van der Waals surface area contributed by atoms with Gasteiger partial charge in [0.25, 0.3) is 0 Å². The highest BCUT2D eigenvalue weighted by atomic mass is 16.3. The first kappa shape index (κ1) is 26.3. The topological polar surface area (TPSA) is 40.5 Å². The Labute approximate surface area is 199 Å². The average Bonchev–Trinajstić information content (AvgIpc) is 3.09. The van der Waals surface area contributed by atoms with Crippen LogP contribution in [0.25, 0.3) is 0 Å². The number of aliphatic hydroxyl groups excluding tert-OH is 1. The molecule has 0 spiro atoms. The first-order valence-corrected chi connectivity index (χ1v) is 14.1. The predicted molar refractivity (Wildman–Crippen MR) is 136 cm³/mol. The monoisotopic (exact) mass is 446 g/mol. The third-order valence-electron chi connectivity index (χ3n) is 10.7. The summed E-state index contributed by atoms with van der Waals surface area (Å²) in [5.41, 5.74) is 4.03. The normalized spacial score (nSPS) is 42.4. The van der Waals surface area contributed by atoms with E-state index in [0.717, 1.165) is 37.0 Å². The van der Waals surface area contributed by atoms with Crippen LogP contribution < -0.4 is 0 Å². The highest BCUT2D eigenvalue weighted by Crippen LogP contribution is 2.66. The predicted octanol–water partition coefficient (Wildman–Crippen LogP) is 7.92.